The maximum atomic E-state index is 12.9. The van der Waals surface area contributed by atoms with Crippen LogP contribution in [-0.4, -0.2) is 27.2 Å². The average molecular weight is 324 g/mol. The second-order valence-corrected chi connectivity index (χ2v) is 5.42. The molecule has 0 aliphatic carbocycles. The van der Waals surface area contributed by atoms with Gasteiger partial charge in [-0.15, -0.1) is 0 Å². The van der Waals surface area contributed by atoms with E-state index in [1.807, 2.05) is 31.2 Å². The lowest BCUT2D eigenvalue weighted by Gasteiger charge is -2.14. The summed E-state index contributed by atoms with van der Waals surface area (Å²) in [6.07, 6.45) is 0. The van der Waals surface area contributed by atoms with Gasteiger partial charge in [-0.3, -0.25) is 9.36 Å². The molecule has 0 saturated carbocycles. The van der Waals surface area contributed by atoms with Crippen molar-refractivity contribution in [2.45, 2.75) is 13.8 Å². The van der Waals surface area contributed by atoms with Crippen LogP contribution < -0.4 is 10.3 Å². The number of nitrogens with zero attached hydrogens (tertiary/aromatic N) is 2. The minimum atomic E-state index is -1.09. The van der Waals surface area contributed by atoms with E-state index in [2.05, 4.69) is 4.98 Å². The van der Waals surface area contributed by atoms with E-state index in [-0.39, 0.29) is 11.3 Å². The highest BCUT2D eigenvalue weighted by Gasteiger charge is 2.14. The third-order valence-corrected chi connectivity index (χ3v) is 3.74. The quantitative estimate of drug-likeness (QED) is 0.797. The molecule has 0 amide bonds. The van der Waals surface area contributed by atoms with E-state index < -0.39 is 12.6 Å². The summed E-state index contributed by atoms with van der Waals surface area (Å²) >= 11 is 0. The number of hydrogen-bond acceptors (Lipinski definition) is 4. The second-order valence-electron chi connectivity index (χ2n) is 5.42. The van der Waals surface area contributed by atoms with E-state index in [9.17, 15) is 9.59 Å². The van der Waals surface area contributed by atoms with Crippen LogP contribution in [0.3, 0.4) is 0 Å². The zero-order valence-electron chi connectivity index (χ0n) is 13.3. The topological polar surface area (TPSA) is 81.4 Å². The highest BCUT2D eigenvalue weighted by Crippen LogP contribution is 2.23. The fourth-order valence-corrected chi connectivity index (χ4v) is 2.64. The molecule has 1 aromatic heterocycles. The van der Waals surface area contributed by atoms with E-state index in [0.717, 1.165) is 11.3 Å². The highest BCUT2D eigenvalue weighted by atomic mass is 16.5. The Morgan fingerprint density at radius 3 is 2.62 bits per heavy atom. The summed E-state index contributed by atoms with van der Waals surface area (Å²) < 4.78 is 6.80. The Bertz CT molecular complexity index is 992. The fourth-order valence-electron chi connectivity index (χ4n) is 2.64. The number of benzene rings is 2. The number of fused-ring (bicyclic) bond motifs is 1. The number of aryl methyl sites for hydroxylation is 2. The molecular weight excluding hydrogens is 308 g/mol. The minimum Gasteiger partial charge on any atom is -0.480 e. The van der Waals surface area contributed by atoms with Crippen molar-refractivity contribution in [3.8, 4) is 11.4 Å². The van der Waals surface area contributed by atoms with Gasteiger partial charge in [0.05, 0.1) is 11.1 Å². The van der Waals surface area contributed by atoms with E-state index in [1.165, 1.54) is 0 Å². The van der Waals surface area contributed by atoms with Crippen molar-refractivity contribution >= 4 is 16.9 Å². The largest absolute Gasteiger partial charge is 0.480 e. The maximum Gasteiger partial charge on any atom is 0.341 e. The molecule has 6 nitrogen and oxygen atoms in total. The molecule has 122 valence electrons. The fraction of sp³-hybridized carbons (Fsp3) is 0.167. The van der Waals surface area contributed by atoms with Crippen molar-refractivity contribution in [2.75, 3.05) is 6.61 Å². The number of carboxylic acid groups (broad SMARTS) is 1. The van der Waals surface area contributed by atoms with Crippen LogP contribution in [0.25, 0.3) is 16.6 Å². The summed E-state index contributed by atoms with van der Waals surface area (Å²) in [5.41, 5.74) is 1.88. The lowest BCUT2D eigenvalue weighted by atomic mass is 10.1. The van der Waals surface area contributed by atoms with Crippen LogP contribution in [0.2, 0.25) is 0 Å². The second kappa shape index (κ2) is 6.16. The third-order valence-electron chi connectivity index (χ3n) is 3.74. The Balaban J connectivity index is 2.24. The molecule has 1 heterocycles. The first-order valence-electron chi connectivity index (χ1n) is 7.42. The summed E-state index contributed by atoms with van der Waals surface area (Å²) in [7, 11) is 0. The molecule has 3 rings (SSSR count). The molecule has 0 atom stereocenters. The van der Waals surface area contributed by atoms with Gasteiger partial charge < -0.3 is 9.84 Å². The number of carboxylic acids is 1. The summed E-state index contributed by atoms with van der Waals surface area (Å²) in [5.74, 6) is -0.294. The van der Waals surface area contributed by atoms with Crippen LogP contribution in [-0.2, 0) is 4.79 Å². The Morgan fingerprint density at radius 1 is 1.17 bits per heavy atom. The van der Waals surface area contributed by atoms with E-state index in [4.69, 9.17) is 9.84 Å². The van der Waals surface area contributed by atoms with Crippen LogP contribution in [0, 0.1) is 13.8 Å². The molecule has 0 aliphatic heterocycles. The molecule has 6 heteroatoms. The van der Waals surface area contributed by atoms with Crippen molar-refractivity contribution in [3.63, 3.8) is 0 Å². The number of aromatic nitrogens is 2. The van der Waals surface area contributed by atoms with Crippen molar-refractivity contribution in [1.82, 2.24) is 9.55 Å². The van der Waals surface area contributed by atoms with Crippen molar-refractivity contribution < 1.29 is 14.6 Å². The monoisotopic (exact) mass is 324 g/mol. The standard InChI is InChI=1S/C18H16N2O4/c1-11-6-3-4-8-14(11)20-12(2)19-17-13(18(20)23)7-5-9-15(17)24-10-16(21)22/h3-9H,10H2,1-2H3,(H,21,22). The van der Waals surface area contributed by atoms with Crippen LogP contribution >= 0.6 is 0 Å². The molecule has 0 radical (unpaired) electrons. The third kappa shape index (κ3) is 2.74. The Hall–Kier alpha value is -3.15. The smallest absolute Gasteiger partial charge is 0.341 e. The summed E-state index contributed by atoms with van der Waals surface area (Å²) in [4.78, 5) is 28.1. The molecule has 0 aliphatic rings. The number of ether oxygens (including phenoxy) is 1. The number of aliphatic carboxylic acids is 1. The molecule has 0 bridgehead atoms. The Labute approximate surface area is 138 Å². The normalized spacial score (nSPS) is 10.8. The number of para-hydroxylation sites is 2. The van der Waals surface area contributed by atoms with Gasteiger partial charge in [-0.2, -0.15) is 0 Å². The van der Waals surface area contributed by atoms with E-state index >= 15 is 0 Å². The van der Waals surface area contributed by atoms with Gasteiger partial charge in [-0.1, -0.05) is 24.3 Å². The molecule has 2 aromatic carbocycles. The SMILES string of the molecule is Cc1ccccc1-n1c(C)nc2c(OCC(=O)O)cccc2c1=O. The van der Waals surface area contributed by atoms with E-state index in [1.54, 1.807) is 29.7 Å². The first kappa shape index (κ1) is 15.7. The average Bonchev–Trinajstić information content (AvgIpc) is 2.54. The molecule has 0 fully saturated rings. The molecule has 24 heavy (non-hydrogen) atoms. The van der Waals surface area contributed by atoms with Crippen LogP contribution in [0.1, 0.15) is 11.4 Å². The first-order chi connectivity index (χ1) is 11.5. The predicted octanol–water partition coefficient (Wildman–Crippen LogP) is 2.47. The molecule has 1 N–H and O–H groups in total. The van der Waals surface area contributed by atoms with Gasteiger partial charge in [0.15, 0.2) is 6.61 Å². The van der Waals surface area contributed by atoms with Crippen molar-refractivity contribution in [2.24, 2.45) is 0 Å². The maximum absolute atomic E-state index is 12.9. The zero-order valence-corrected chi connectivity index (χ0v) is 13.3. The van der Waals surface area contributed by atoms with Crippen LogP contribution in [0.4, 0.5) is 0 Å². The number of hydrogen-bond donors (Lipinski definition) is 1. The number of rotatable bonds is 4. The van der Waals surface area contributed by atoms with Gasteiger partial charge in [-0.25, -0.2) is 9.78 Å². The lowest BCUT2D eigenvalue weighted by Crippen LogP contribution is -2.23. The van der Waals surface area contributed by atoms with Crippen molar-refractivity contribution in [3.05, 3.63) is 64.2 Å². The first-order valence-corrected chi connectivity index (χ1v) is 7.42. The number of carbonyl (C=O) groups is 1. The van der Waals surface area contributed by atoms with Crippen molar-refractivity contribution in [1.29, 1.82) is 0 Å². The van der Waals surface area contributed by atoms with Gasteiger partial charge in [0.1, 0.15) is 17.1 Å². The van der Waals surface area contributed by atoms with Crippen LogP contribution in [0.15, 0.2) is 47.3 Å². The molecule has 3 aromatic rings. The molecule has 0 spiro atoms. The molecule has 0 saturated heterocycles. The molecular formula is C18H16N2O4. The Morgan fingerprint density at radius 2 is 1.92 bits per heavy atom. The van der Waals surface area contributed by atoms with Crippen LogP contribution in [0.5, 0.6) is 5.75 Å². The van der Waals surface area contributed by atoms with Gasteiger partial charge in [0.2, 0.25) is 0 Å². The highest BCUT2D eigenvalue weighted by molar-refractivity contribution is 5.84. The predicted molar refractivity (Wildman–Crippen MR) is 89.9 cm³/mol. The zero-order chi connectivity index (χ0) is 17.3. The molecule has 0 unspecified atom stereocenters. The van der Waals surface area contributed by atoms with Gasteiger partial charge in [-0.05, 0) is 37.6 Å². The summed E-state index contributed by atoms with van der Waals surface area (Å²) in [6, 6.07) is 12.5. The summed E-state index contributed by atoms with van der Waals surface area (Å²) in [6.45, 7) is 3.18. The van der Waals surface area contributed by atoms with Gasteiger partial charge >= 0.3 is 5.97 Å². The van der Waals surface area contributed by atoms with Gasteiger partial charge in [0.25, 0.3) is 5.56 Å². The minimum absolute atomic E-state index is 0.215. The lowest BCUT2D eigenvalue weighted by molar-refractivity contribution is -0.139. The van der Waals surface area contributed by atoms with Gasteiger partial charge in [0, 0.05) is 0 Å². The summed E-state index contributed by atoms with van der Waals surface area (Å²) in [5, 5.41) is 9.15. The van der Waals surface area contributed by atoms with E-state index in [0.29, 0.717) is 16.7 Å². The Kier molecular flexibility index (Phi) is 4.04.